The highest BCUT2D eigenvalue weighted by molar-refractivity contribution is 5.97. The summed E-state index contributed by atoms with van der Waals surface area (Å²) >= 11 is 0. The number of halogens is 5. The van der Waals surface area contributed by atoms with Crippen LogP contribution in [0.15, 0.2) is 51.2 Å². The van der Waals surface area contributed by atoms with Gasteiger partial charge in [-0.2, -0.15) is 13.2 Å². The first-order valence-electron chi connectivity index (χ1n) is 14.8. The number of amides is 1. The third-order valence-electron chi connectivity index (χ3n) is 8.01. The van der Waals surface area contributed by atoms with Gasteiger partial charge in [-0.05, 0) is 62.7 Å². The van der Waals surface area contributed by atoms with Gasteiger partial charge in [-0.3, -0.25) is 19.1 Å². The van der Waals surface area contributed by atoms with E-state index in [4.69, 9.17) is 4.74 Å². The highest BCUT2D eigenvalue weighted by Gasteiger charge is 2.47. The highest BCUT2D eigenvalue weighted by Crippen LogP contribution is 2.40. The third-order valence-corrected chi connectivity index (χ3v) is 8.01. The maximum Gasteiger partial charge on any atom is 0.408 e. The van der Waals surface area contributed by atoms with Gasteiger partial charge < -0.3 is 15.0 Å². The van der Waals surface area contributed by atoms with Crippen molar-refractivity contribution in [1.82, 2.24) is 19.4 Å². The van der Waals surface area contributed by atoms with Crippen molar-refractivity contribution in [2.24, 2.45) is 12.0 Å². The molecule has 1 saturated carbocycles. The number of anilines is 1. The van der Waals surface area contributed by atoms with Crippen LogP contribution in [0.5, 0.6) is 0 Å². The van der Waals surface area contributed by atoms with Gasteiger partial charge in [0, 0.05) is 43.3 Å². The standard InChI is InChI=1S/C32H33F5N6O5/c1-6-25(32(35,36)37)42(19-8-9-19)20-14-22(33)27(23(34)15-20)28(44)40-24(30(46)48-5)13-18-7-10-26(39-16-18)43-29(45)21(11-12-38-3)17(2)41(4)31(43)47/h7,10-12,14-16,19,24-25H,3,6,8-9,13H2,1-2,4-5H3,(H,40,44)/b12-11-/t24-,25+/m0/s1. The van der Waals surface area contributed by atoms with Crippen LogP contribution in [0.2, 0.25) is 0 Å². The maximum absolute atomic E-state index is 15.2. The van der Waals surface area contributed by atoms with E-state index in [9.17, 15) is 32.3 Å². The molecule has 0 spiro atoms. The molecule has 1 aromatic carbocycles. The second kappa shape index (κ2) is 14.3. The van der Waals surface area contributed by atoms with E-state index in [1.165, 1.54) is 49.1 Å². The minimum atomic E-state index is -4.66. The van der Waals surface area contributed by atoms with Crippen molar-refractivity contribution in [2.45, 2.75) is 63.8 Å². The van der Waals surface area contributed by atoms with Gasteiger partial charge in [0.15, 0.2) is 0 Å². The summed E-state index contributed by atoms with van der Waals surface area (Å²) in [6.07, 6.45) is -0.546. The number of esters is 1. The van der Waals surface area contributed by atoms with Crippen LogP contribution in [0.4, 0.5) is 27.6 Å². The van der Waals surface area contributed by atoms with Gasteiger partial charge in [0.2, 0.25) is 0 Å². The molecule has 1 N–H and O–H groups in total. The van der Waals surface area contributed by atoms with Crippen molar-refractivity contribution in [3.8, 4) is 5.82 Å². The number of aliphatic imine (C=N–C) groups is 1. The van der Waals surface area contributed by atoms with Crippen LogP contribution < -0.4 is 21.5 Å². The van der Waals surface area contributed by atoms with Crippen LogP contribution in [0.25, 0.3) is 11.9 Å². The topological polar surface area (TPSA) is 128 Å². The van der Waals surface area contributed by atoms with E-state index in [0.29, 0.717) is 36.2 Å². The second-order valence-corrected chi connectivity index (χ2v) is 11.1. The van der Waals surface area contributed by atoms with Crippen LogP contribution in [-0.2, 0) is 23.0 Å². The van der Waals surface area contributed by atoms with Gasteiger partial charge in [0.1, 0.15) is 35.1 Å². The zero-order chi connectivity index (χ0) is 35.5. The zero-order valence-electron chi connectivity index (χ0n) is 26.5. The first-order valence-corrected chi connectivity index (χ1v) is 14.8. The molecule has 1 fully saturated rings. The highest BCUT2D eigenvalue weighted by atomic mass is 19.4. The molecule has 3 aromatic rings. The number of aromatic nitrogens is 3. The number of nitrogens with zero attached hydrogens (tertiary/aromatic N) is 5. The molecule has 4 rings (SSSR count). The molecule has 0 saturated heterocycles. The minimum Gasteiger partial charge on any atom is -0.467 e. The SMILES string of the molecule is C=N/C=C\c1c(C)n(C)c(=O)n(-c2ccc(C[C@H](NC(=O)c3c(F)cc(N(C4CC4)[C@H](CC)C(F)(F)F)cc3F)C(=O)OC)cn2)c1=O. The Morgan fingerprint density at radius 3 is 2.35 bits per heavy atom. The molecule has 0 unspecified atom stereocenters. The molecule has 11 nitrogen and oxygen atoms in total. The molecule has 0 bridgehead atoms. The molecular formula is C32H33F5N6O5. The Hall–Kier alpha value is -5.15. The molecule has 2 aromatic heterocycles. The fraction of sp³-hybridized carbons (Fsp3) is 0.375. The molecule has 2 atom stereocenters. The van der Waals surface area contributed by atoms with Gasteiger partial charge in [0.25, 0.3) is 11.5 Å². The van der Waals surface area contributed by atoms with E-state index in [-0.39, 0.29) is 29.9 Å². The number of alkyl halides is 3. The van der Waals surface area contributed by atoms with E-state index in [1.54, 1.807) is 6.92 Å². The molecule has 1 aliphatic rings. The number of rotatable bonds is 12. The maximum atomic E-state index is 15.2. The monoisotopic (exact) mass is 676 g/mol. The lowest BCUT2D eigenvalue weighted by Crippen LogP contribution is -2.47. The smallest absolute Gasteiger partial charge is 0.408 e. The van der Waals surface area contributed by atoms with Crippen LogP contribution in [0.1, 0.15) is 53.4 Å². The van der Waals surface area contributed by atoms with Gasteiger partial charge >= 0.3 is 17.8 Å². The minimum absolute atomic E-state index is 0.0514. The fourth-order valence-corrected chi connectivity index (χ4v) is 5.34. The first kappa shape index (κ1) is 35.7. The number of pyridine rings is 1. The number of carbonyl (C=O) groups is 2. The van der Waals surface area contributed by atoms with Crippen molar-refractivity contribution in [2.75, 3.05) is 12.0 Å². The molecule has 1 amide bonds. The van der Waals surface area contributed by atoms with Crippen molar-refractivity contribution in [1.29, 1.82) is 0 Å². The zero-order valence-corrected chi connectivity index (χ0v) is 26.5. The number of methoxy groups -OCH3 is 1. The fourth-order valence-electron chi connectivity index (χ4n) is 5.34. The molecular weight excluding hydrogens is 643 g/mol. The van der Waals surface area contributed by atoms with E-state index in [2.05, 4.69) is 22.0 Å². The Balaban J connectivity index is 1.60. The molecule has 2 heterocycles. The lowest BCUT2D eigenvalue weighted by atomic mass is 10.1. The van der Waals surface area contributed by atoms with Crippen molar-refractivity contribution < 1.29 is 36.3 Å². The number of hydrogen-bond donors (Lipinski definition) is 1. The quantitative estimate of drug-likeness (QED) is 0.175. The van der Waals surface area contributed by atoms with Crippen LogP contribution >= 0.6 is 0 Å². The van der Waals surface area contributed by atoms with Gasteiger partial charge in [0.05, 0.1) is 12.7 Å². The number of hydrogen-bond acceptors (Lipinski definition) is 8. The predicted octanol–water partition coefficient (Wildman–Crippen LogP) is 4.01. The van der Waals surface area contributed by atoms with Gasteiger partial charge in [-0.15, -0.1) is 0 Å². The van der Waals surface area contributed by atoms with Gasteiger partial charge in [-0.1, -0.05) is 13.0 Å². The largest absolute Gasteiger partial charge is 0.467 e. The lowest BCUT2D eigenvalue weighted by molar-refractivity contribution is -0.149. The summed E-state index contributed by atoms with van der Waals surface area (Å²) in [5, 5.41) is 2.22. The normalized spacial score (nSPS) is 14.4. The summed E-state index contributed by atoms with van der Waals surface area (Å²) in [5.41, 5.74) is -1.95. The summed E-state index contributed by atoms with van der Waals surface area (Å²) in [4.78, 5) is 60.4. The van der Waals surface area contributed by atoms with Crippen molar-refractivity contribution in [3.05, 3.63) is 91.5 Å². The van der Waals surface area contributed by atoms with E-state index < -0.39 is 64.6 Å². The summed E-state index contributed by atoms with van der Waals surface area (Å²) in [5.74, 6) is -5.20. The number of carbonyl (C=O) groups excluding carboxylic acids is 2. The number of benzene rings is 1. The average Bonchev–Trinajstić information content (AvgIpc) is 3.87. The van der Waals surface area contributed by atoms with Crippen LogP contribution in [-0.4, -0.2) is 64.1 Å². The Bertz CT molecular complexity index is 1840. The van der Waals surface area contributed by atoms with Crippen molar-refractivity contribution >= 4 is 30.4 Å². The molecule has 16 heteroatoms. The van der Waals surface area contributed by atoms with Crippen LogP contribution in [0, 0.1) is 18.6 Å². The lowest BCUT2D eigenvalue weighted by Gasteiger charge is -2.35. The predicted molar refractivity (Wildman–Crippen MR) is 167 cm³/mol. The molecule has 0 aliphatic heterocycles. The molecule has 0 radical (unpaired) electrons. The average molecular weight is 677 g/mol. The third kappa shape index (κ3) is 7.37. The Morgan fingerprint density at radius 1 is 1.21 bits per heavy atom. The molecule has 1 aliphatic carbocycles. The summed E-state index contributed by atoms with van der Waals surface area (Å²) in [6.45, 7) is 6.23. The Morgan fingerprint density at radius 2 is 1.85 bits per heavy atom. The first-order chi connectivity index (χ1) is 22.6. The second-order valence-electron chi connectivity index (χ2n) is 11.1. The van der Waals surface area contributed by atoms with Crippen LogP contribution in [0.3, 0.4) is 0 Å². The Labute approximate surface area is 271 Å². The molecule has 256 valence electrons. The van der Waals surface area contributed by atoms with E-state index in [0.717, 1.165) is 16.6 Å². The van der Waals surface area contributed by atoms with Gasteiger partial charge in [-0.25, -0.2) is 27.9 Å². The van der Waals surface area contributed by atoms with E-state index >= 15 is 8.78 Å². The van der Waals surface area contributed by atoms with E-state index in [1.807, 2.05) is 0 Å². The van der Waals surface area contributed by atoms with Crippen molar-refractivity contribution in [3.63, 3.8) is 0 Å². The number of nitrogens with one attached hydrogen (secondary N) is 1. The Kier molecular flexibility index (Phi) is 10.6. The summed E-state index contributed by atoms with van der Waals surface area (Å²) in [6, 6.07) is 0.0821. The molecule has 48 heavy (non-hydrogen) atoms. The summed E-state index contributed by atoms with van der Waals surface area (Å²) in [7, 11) is 2.50. The number of ether oxygens (including phenoxy) is 1. The summed E-state index contributed by atoms with van der Waals surface area (Å²) < 4.78 is 78.5.